The van der Waals surface area contributed by atoms with Crippen molar-refractivity contribution in [2.45, 2.75) is 39.5 Å². The first-order valence-corrected chi connectivity index (χ1v) is 10.8. The Morgan fingerprint density at radius 1 is 0.625 bits per heavy atom. The summed E-state index contributed by atoms with van der Waals surface area (Å²) >= 11 is 0. The van der Waals surface area contributed by atoms with E-state index >= 15 is 0 Å². The van der Waals surface area contributed by atoms with E-state index in [0.29, 0.717) is 24.3 Å². The molecule has 0 radical (unpaired) electrons. The first-order valence-electron chi connectivity index (χ1n) is 10.8. The highest BCUT2D eigenvalue weighted by atomic mass is 16.5. The van der Waals surface area contributed by atoms with Gasteiger partial charge in [0.1, 0.15) is 11.5 Å². The average molecular weight is 423 g/mol. The lowest BCUT2D eigenvalue weighted by molar-refractivity contribution is 0.501. The summed E-state index contributed by atoms with van der Waals surface area (Å²) in [6.07, 6.45) is 6.74. The lowest BCUT2D eigenvalue weighted by Crippen LogP contribution is -2.30. The van der Waals surface area contributed by atoms with Gasteiger partial charge in [-0.15, -0.1) is 10.5 Å². The molecular weight excluding hydrogens is 396 g/mol. The molecule has 0 N–H and O–H groups in total. The van der Waals surface area contributed by atoms with Crippen molar-refractivity contribution in [3.05, 3.63) is 94.4 Å². The van der Waals surface area contributed by atoms with Gasteiger partial charge in [-0.05, 0) is 48.3 Å². The van der Waals surface area contributed by atoms with Crippen LogP contribution in [0.1, 0.15) is 37.8 Å². The normalized spacial score (nSPS) is 12.2. The molecule has 0 amide bonds. The molecule has 32 heavy (non-hydrogen) atoms. The standard InChI is InChI=1S/C28H26N2O2/c1-3-21(17-23-11-5-9-15-27(23)31-19-29)25-13-7-8-14-26(25)22(4-2)18-24-12-6-10-16-28(24)32-20-30/h5-16H,3-4,17-18H2,1-2H3. The number of nitriles is 2. The number of rotatable bonds is 8. The third-order valence-electron chi connectivity index (χ3n) is 5.61. The van der Waals surface area contributed by atoms with E-state index in [1.165, 1.54) is 21.6 Å². The quantitative estimate of drug-likeness (QED) is 0.479. The van der Waals surface area contributed by atoms with Crippen LogP contribution in [0.4, 0.5) is 0 Å². The van der Waals surface area contributed by atoms with Gasteiger partial charge in [-0.2, -0.15) is 0 Å². The van der Waals surface area contributed by atoms with Crippen LogP contribution in [0.25, 0.3) is 11.1 Å². The molecule has 0 atom stereocenters. The van der Waals surface area contributed by atoms with E-state index in [-0.39, 0.29) is 0 Å². The van der Waals surface area contributed by atoms with Crippen LogP contribution in [0, 0.1) is 23.0 Å². The molecule has 0 spiro atoms. The Bertz CT molecular complexity index is 1180. The van der Waals surface area contributed by atoms with E-state index in [4.69, 9.17) is 20.0 Å². The minimum Gasteiger partial charge on any atom is -0.388 e. The van der Waals surface area contributed by atoms with E-state index in [9.17, 15) is 0 Å². The zero-order valence-electron chi connectivity index (χ0n) is 18.5. The van der Waals surface area contributed by atoms with E-state index in [1.807, 2.05) is 48.5 Å². The fraction of sp³-hybridized carbons (Fsp3) is 0.214. The molecule has 0 fully saturated rings. The van der Waals surface area contributed by atoms with Crippen molar-refractivity contribution >= 4 is 11.1 Å². The fourth-order valence-corrected chi connectivity index (χ4v) is 3.98. The molecular formula is C28H26N2O2. The average Bonchev–Trinajstić information content (AvgIpc) is 2.83. The first-order chi connectivity index (χ1) is 15.7. The van der Waals surface area contributed by atoms with Crippen molar-refractivity contribution in [3.63, 3.8) is 0 Å². The van der Waals surface area contributed by atoms with Gasteiger partial charge in [0.15, 0.2) is 0 Å². The summed E-state index contributed by atoms with van der Waals surface area (Å²) in [7, 11) is 0. The van der Waals surface area contributed by atoms with Crippen molar-refractivity contribution < 1.29 is 9.47 Å². The summed E-state index contributed by atoms with van der Waals surface area (Å²) in [5.74, 6) is 1.20. The Morgan fingerprint density at radius 2 is 1.00 bits per heavy atom. The zero-order chi connectivity index (χ0) is 22.8. The van der Waals surface area contributed by atoms with Gasteiger partial charge < -0.3 is 9.47 Å². The molecule has 0 bridgehead atoms. The Labute approximate surface area is 189 Å². The number of hydrogen-bond donors (Lipinski definition) is 0. The van der Waals surface area contributed by atoms with Gasteiger partial charge in [0.25, 0.3) is 12.5 Å². The third-order valence-corrected chi connectivity index (χ3v) is 5.61. The van der Waals surface area contributed by atoms with Crippen molar-refractivity contribution in [3.8, 4) is 24.0 Å². The highest BCUT2D eigenvalue weighted by molar-refractivity contribution is 5.57. The van der Waals surface area contributed by atoms with Crippen LogP contribution in [-0.4, -0.2) is 0 Å². The predicted molar refractivity (Wildman–Crippen MR) is 126 cm³/mol. The van der Waals surface area contributed by atoms with Crippen LogP contribution in [0.5, 0.6) is 11.5 Å². The molecule has 3 rings (SSSR count). The van der Waals surface area contributed by atoms with Crippen LogP contribution in [0.15, 0.2) is 72.8 Å². The van der Waals surface area contributed by atoms with Gasteiger partial charge in [0.2, 0.25) is 0 Å². The number of nitrogens with zero attached hydrogens (tertiary/aromatic N) is 2. The van der Waals surface area contributed by atoms with Crippen molar-refractivity contribution in [2.75, 3.05) is 0 Å². The highest BCUT2D eigenvalue weighted by Crippen LogP contribution is 2.23. The maximum Gasteiger partial charge on any atom is 0.292 e. The molecule has 160 valence electrons. The zero-order valence-corrected chi connectivity index (χ0v) is 18.5. The number of ether oxygens (including phenoxy) is 2. The largest absolute Gasteiger partial charge is 0.388 e. The van der Waals surface area contributed by atoms with E-state index in [2.05, 4.69) is 38.1 Å². The molecule has 3 aromatic carbocycles. The summed E-state index contributed by atoms with van der Waals surface area (Å²) in [4.78, 5) is 0. The maximum absolute atomic E-state index is 8.99. The Morgan fingerprint density at radius 3 is 1.38 bits per heavy atom. The molecule has 0 aliphatic rings. The lowest BCUT2D eigenvalue weighted by atomic mass is 9.95. The molecule has 0 aromatic heterocycles. The van der Waals surface area contributed by atoms with Crippen LogP contribution in [0.2, 0.25) is 0 Å². The molecule has 4 heteroatoms. The van der Waals surface area contributed by atoms with Gasteiger partial charge in [0, 0.05) is 11.1 Å². The monoisotopic (exact) mass is 422 g/mol. The lowest BCUT2D eigenvalue weighted by Gasteiger charge is -2.12. The molecule has 4 nitrogen and oxygen atoms in total. The van der Waals surface area contributed by atoms with Gasteiger partial charge >= 0.3 is 0 Å². The smallest absolute Gasteiger partial charge is 0.292 e. The maximum atomic E-state index is 8.99. The fourth-order valence-electron chi connectivity index (χ4n) is 3.98. The second-order valence-electron chi connectivity index (χ2n) is 7.42. The Kier molecular flexibility index (Phi) is 8.07. The minimum atomic E-state index is 0.598. The van der Waals surface area contributed by atoms with Crippen LogP contribution < -0.4 is 19.9 Å². The molecule has 0 saturated heterocycles. The molecule has 0 aliphatic heterocycles. The molecule has 0 saturated carbocycles. The molecule has 0 aliphatic carbocycles. The summed E-state index contributed by atoms with van der Waals surface area (Å²) in [6.45, 7) is 4.31. The summed E-state index contributed by atoms with van der Waals surface area (Å²) < 4.78 is 10.4. The van der Waals surface area contributed by atoms with Crippen LogP contribution >= 0.6 is 0 Å². The number of benzene rings is 3. The van der Waals surface area contributed by atoms with E-state index < -0.39 is 0 Å². The van der Waals surface area contributed by atoms with E-state index in [1.54, 1.807) is 12.5 Å². The number of para-hydroxylation sites is 2. The highest BCUT2D eigenvalue weighted by Gasteiger charge is 2.10. The summed E-state index contributed by atoms with van der Waals surface area (Å²) in [6, 6.07) is 23.8. The van der Waals surface area contributed by atoms with Crippen molar-refractivity contribution in [1.29, 1.82) is 10.5 Å². The van der Waals surface area contributed by atoms with Crippen LogP contribution in [0.3, 0.4) is 0 Å². The van der Waals surface area contributed by atoms with Gasteiger partial charge in [-0.1, -0.05) is 85.7 Å². The van der Waals surface area contributed by atoms with Crippen molar-refractivity contribution in [1.82, 2.24) is 0 Å². The SMILES string of the molecule is CCC(Cc1ccccc1OC#N)=c1ccccc1=C(CC)Cc1ccccc1OC#N. The first kappa shape index (κ1) is 22.7. The van der Waals surface area contributed by atoms with Gasteiger partial charge in [0.05, 0.1) is 0 Å². The summed E-state index contributed by atoms with van der Waals surface area (Å²) in [5, 5.41) is 20.4. The van der Waals surface area contributed by atoms with Gasteiger partial charge in [-0.3, -0.25) is 0 Å². The van der Waals surface area contributed by atoms with Gasteiger partial charge in [-0.25, -0.2) is 0 Å². The second-order valence-corrected chi connectivity index (χ2v) is 7.42. The topological polar surface area (TPSA) is 66.0 Å². The number of hydrogen-bond acceptors (Lipinski definition) is 4. The third kappa shape index (κ3) is 5.36. The van der Waals surface area contributed by atoms with Crippen LogP contribution in [-0.2, 0) is 12.8 Å². The Balaban J connectivity index is 2.16. The Hall–Kier alpha value is -4.02. The van der Waals surface area contributed by atoms with E-state index in [0.717, 1.165) is 24.0 Å². The predicted octanol–water partition coefficient (Wildman–Crippen LogP) is 5.01. The molecule has 0 unspecified atom stereocenters. The minimum absolute atomic E-state index is 0.598. The van der Waals surface area contributed by atoms with Crippen molar-refractivity contribution in [2.24, 2.45) is 0 Å². The second kappa shape index (κ2) is 11.4. The summed E-state index contributed by atoms with van der Waals surface area (Å²) in [5.41, 5.74) is 4.54. The molecule has 3 aromatic rings. The molecule has 0 heterocycles.